The molecule has 1 amide bonds. The maximum atomic E-state index is 12.7. The molecular weight excluding hydrogens is 442 g/mol. The number of hydrogen-bond donors (Lipinski definition) is 0. The molecule has 0 aliphatic rings. The second kappa shape index (κ2) is 9.26. The first kappa shape index (κ1) is 20.4. The quantitative estimate of drug-likeness (QED) is 0.487. The molecule has 0 unspecified atom stereocenters. The molecule has 0 saturated carbocycles. The van der Waals surface area contributed by atoms with Gasteiger partial charge in [-0.2, -0.15) is 5.10 Å². The van der Waals surface area contributed by atoms with Crippen molar-refractivity contribution >= 4 is 33.4 Å². The molecule has 0 aliphatic carbocycles. The molecule has 0 N–H and O–H groups in total. The summed E-state index contributed by atoms with van der Waals surface area (Å²) in [5.74, 6) is 0.700. The molecule has 0 atom stereocenters. The lowest BCUT2D eigenvalue weighted by atomic mass is 10.1. The summed E-state index contributed by atoms with van der Waals surface area (Å²) in [6.45, 7) is 3.51. The zero-order valence-electron chi connectivity index (χ0n) is 15.7. The highest BCUT2D eigenvalue weighted by atomic mass is 79.9. The highest BCUT2D eigenvalue weighted by molar-refractivity contribution is 9.10. The van der Waals surface area contributed by atoms with Crippen LogP contribution in [0, 0.1) is 0 Å². The van der Waals surface area contributed by atoms with Crippen molar-refractivity contribution in [1.29, 1.82) is 0 Å². The Morgan fingerprint density at radius 3 is 2.57 bits per heavy atom. The zero-order valence-corrected chi connectivity index (χ0v) is 18.1. The molecule has 3 aromatic rings. The lowest BCUT2D eigenvalue weighted by Gasteiger charge is -2.16. The summed E-state index contributed by atoms with van der Waals surface area (Å²) in [5, 5.41) is 4.96. The van der Waals surface area contributed by atoms with Gasteiger partial charge in [0, 0.05) is 25.4 Å². The molecule has 1 aromatic heterocycles. The molecular formula is C21H21BrClN3O2. The van der Waals surface area contributed by atoms with Gasteiger partial charge >= 0.3 is 0 Å². The van der Waals surface area contributed by atoms with Crippen LogP contribution < -0.4 is 4.74 Å². The van der Waals surface area contributed by atoms with Crippen LogP contribution in [0.4, 0.5) is 0 Å². The van der Waals surface area contributed by atoms with Crippen LogP contribution in [0.2, 0.25) is 5.02 Å². The summed E-state index contributed by atoms with van der Waals surface area (Å²) in [6, 6.07) is 15.1. The number of ether oxygens (including phenoxy) is 1. The predicted molar refractivity (Wildman–Crippen MR) is 114 cm³/mol. The summed E-state index contributed by atoms with van der Waals surface area (Å²) in [4.78, 5) is 14.3. The Morgan fingerprint density at radius 2 is 1.93 bits per heavy atom. The molecule has 0 radical (unpaired) electrons. The number of rotatable bonds is 7. The minimum atomic E-state index is -0.0830. The number of carbonyl (C=O) groups excluding carboxylic acids is 1. The van der Waals surface area contributed by atoms with Crippen LogP contribution in [-0.4, -0.2) is 27.6 Å². The number of benzene rings is 2. The van der Waals surface area contributed by atoms with Gasteiger partial charge < -0.3 is 9.64 Å². The largest absolute Gasteiger partial charge is 0.488 e. The molecule has 0 fully saturated rings. The zero-order chi connectivity index (χ0) is 20.1. The Bertz CT molecular complexity index is 957. The number of halogens is 2. The normalized spacial score (nSPS) is 10.7. The van der Waals surface area contributed by atoms with Gasteiger partial charge in [-0.05, 0) is 52.7 Å². The van der Waals surface area contributed by atoms with Gasteiger partial charge in [0.1, 0.15) is 18.1 Å². The average molecular weight is 463 g/mol. The second-order valence-corrected chi connectivity index (χ2v) is 7.62. The van der Waals surface area contributed by atoms with E-state index in [9.17, 15) is 4.79 Å². The Kier molecular flexibility index (Phi) is 6.75. The lowest BCUT2D eigenvalue weighted by Crippen LogP contribution is -2.26. The molecule has 0 aliphatic heterocycles. The number of aromatic nitrogens is 2. The van der Waals surface area contributed by atoms with Gasteiger partial charge in [-0.25, -0.2) is 0 Å². The van der Waals surface area contributed by atoms with Crippen molar-refractivity contribution in [2.45, 2.75) is 26.6 Å². The molecule has 0 spiro atoms. The minimum absolute atomic E-state index is 0.0830. The topological polar surface area (TPSA) is 47.4 Å². The van der Waals surface area contributed by atoms with Crippen molar-refractivity contribution < 1.29 is 9.53 Å². The van der Waals surface area contributed by atoms with Crippen LogP contribution in [0.5, 0.6) is 5.75 Å². The predicted octanol–water partition coefficient (Wildman–Crippen LogP) is 5.17. The smallest absolute Gasteiger partial charge is 0.253 e. The van der Waals surface area contributed by atoms with E-state index in [0.717, 1.165) is 22.3 Å². The summed E-state index contributed by atoms with van der Waals surface area (Å²) in [6.07, 6.45) is 1.77. The Hall–Kier alpha value is -2.31. The molecule has 3 rings (SSSR count). The number of amides is 1. The Labute approximate surface area is 178 Å². The van der Waals surface area contributed by atoms with Gasteiger partial charge in [-0.3, -0.25) is 9.48 Å². The van der Waals surface area contributed by atoms with Crippen LogP contribution in [0.1, 0.15) is 28.5 Å². The van der Waals surface area contributed by atoms with Gasteiger partial charge in [0.2, 0.25) is 0 Å². The molecule has 7 heteroatoms. The SMILES string of the molecule is CCn1cc(Cl)c(CN(C)C(=O)c2ccc(COc3ccccc3Br)cc2)n1. The fourth-order valence-corrected chi connectivity index (χ4v) is 3.30. The van der Waals surface area contributed by atoms with Gasteiger partial charge in [0.25, 0.3) is 5.91 Å². The van der Waals surface area contributed by atoms with E-state index in [2.05, 4.69) is 21.0 Å². The summed E-state index contributed by atoms with van der Waals surface area (Å²) in [7, 11) is 1.74. The van der Waals surface area contributed by atoms with E-state index in [-0.39, 0.29) is 5.91 Å². The molecule has 2 aromatic carbocycles. The standard InChI is InChI=1S/C21H21BrClN3O2/c1-3-26-12-18(23)19(24-26)13-25(2)21(27)16-10-8-15(9-11-16)14-28-20-7-5-4-6-17(20)22/h4-12H,3,13-14H2,1-2H3. The first-order valence-corrected chi connectivity index (χ1v) is 10.1. The third-order valence-electron chi connectivity index (χ3n) is 4.28. The molecule has 146 valence electrons. The Balaban J connectivity index is 1.61. The van der Waals surface area contributed by atoms with Crippen LogP contribution in [0.15, 0.2) is 59.2 Å². The first-order valence-electron chi connectivity index (χ1n) is 8.91. The number of para-hydroxylation sites is 1. The van der Waals surface area contributed by atoms with Crippen molar-refractivity contribution in [2.24, 2.45) is 0 Å². The van der Waals surface area contributed by atoms with Crippen molar-refractivity contribution in [2.75, 3.05) is 7.05 Å². The number of aryl methyl sites for hydroxylation is 1. The molecule has 28 heavy (non-hydrogen) atoms. The fraction of sp³-hybridized carbons (Fsp3) is 0.238. The van der Waals surface area contributed by atoms with Crippen molar-refractivity contribution in [3.8, 4) is 5.75 Å². The van der Waals surface area contributed by atoms with Crippen molar-refractivity contribution in [3.05, 3.63) is 81.0 Å². The number of hydrogen-bond acceptors (Lipinski definition) is 3. The van der Waals surface area contributed by atoms with Crippen LogP contribution in [0.25, 0.3) is 0 Å². The van der Waals surface area contributed by atoms with E-state index in [1.807, 2.05) is 55.5 Å². The second-order valence-electron chi connectivity index (χ2n) is 6.36. The van der Waals surface area contributed by atoms with Gasteiger partial charge in [0.05, 0.1) is 16.0 Å². The average Bonchev–Trinajstić information content (AvgIpc) is 3.06. The van der Waals surface area contributed by atoms with E-state index >= 15 is 0 Å². The van der Waals surface area contributed by atoms with Gasteiger partial charge in [-0.1, -0.05) is 35.9 Å². The lowest BCUT2D eigenvalue weighted by molar-refractivity contribution is 0.0783. The van der Waals surface area contributed by atoms with Crippen LogP contribution >= 0.6 is 27.5 Å². The summed E-state index contributed by atoms with van der Waals surface area (Å²) in [5.41, 5.74) is 2.29. The maximum absolute atomic E-state index is 12.7. The Morgan fingerprint density at radius 1 is 1.21 bits per heavy atom. The monoisotopic (exact) mass is 461 g/mol. The molecule has 5 nitrogen and oxygen atoms in total. The van der Waals surface area contributed by atoms with E-state index in [1.165, 1.54) is 0 Å². The number of carbonyl (C=O) groups is 1. The first-order chi connectivity index (χ1) is 13.5. The van der Waals surface area contributed by atoms with Crippen LogP contribution in [0.3, 0.4) is 0 Å². The van der Waals surface area contributed by atoms with Crippen LogP contribution in [-0.2, 0) is 19.7 Å². The third-order valence-corrected chi connectivity index (χ3v) is 5.25. The summed E-state index contributed by atoms with van der Waals surface area (Å²) < 4.78 is 8.48. The highest BCUT2D eigenvalue weighted by Gasteiger charge is 2.15. The van der Waals surface area contributed by atoms with Gasteiger partial charge in [0.15, 0.2) is 0 Å². The van der Waals surface area contributed by atoms with E-state index in [4.69, 9.17) is 16.3 Å². The highest BCUT2D eigenvalue weighted by Crippen LogP contribution is 2.24. The minimum Gasteiger partial charge on any atom is -0.488 e. The third kappa shape index (κ3) is 4.94. The van der Waals surface area contributed by atoms with Crippen molar-refractivity contribution in [3.63, 3.8) is 0 Å². The fourth-order valence-electron chi connectivity index (χ4n) is 2.69. The van der Waals surface area contributed by atoms with Crippen molar-refractivity contribution in [1.82, 2.24) is 14.7 Å². The van der Waals surface area contributed by atoms with E-state index < -0.39 is 0 Å². The summed E-state index contributed by atoms with van der Waals surface area (Å²) >= 11 is 9.66. The molecule has 1 heterocycles. The molecule has 0 saturated heterocycles. The van der Waals surface area contributed by atoms with E-state index in [0.29, 0.717) is 29.4 Å². The van der Waals surface area contributed by atoms with E-state index in [1.54, 1.807) is 22.8 Å². The molecule has 0 bridgehead atoms. The maximum Gasteiger partial charge on any atom is 0.253 e. The van der Waals surface area contributed by atoms with Gasteiger partial charge in [-0.15, -0.1) is 0 Å². The number of nitrogens with zero attached hydrogens (tertiary/aromatic N) is 3.